The van der Waals surface area contributed by atoms with Crippen molar-refractivity contribution in [2.75, 3.05) is 11.2 Å². The Hall–Kier alpha value is -0.140. The predicted octanol–water partition coefficient (Wildman–Crippen LogP) is -0.476. The molecule has 3 N–H and O–H groups in total. The lowest BCUT2D eigenvalue weighted by molar-refractivity contribution is -0.118. The molecule has 0 saturated heterocycles. The Morgan fingerprint density at radius 2 is 2.08 bits per heavy atom. The molecule has 7 heteroatoms. The topological polar surface area (TPSA) is 89.3 Å². The fraction of sp³-hybridized carbons (Fsp3) is 0.800. The van der Waals surface area contributed by atoms with Gasteiger partial charge in [-0.1, -0.05) is 15.9 Å². The minimum Gasteiger partial charge on any atom is -0.370 e. The Morgan fingerprint density at radius 1 is 1.50 bits per heavy atom. The molecule has 5 nitrogen and oxygen atoms in total. The van der Waals surface area contributed by atoms with E-state index in [-0.39, 0.29) is 17.6 Å². The Bertz CT molecular complexity index is 239. The maximum atomic E-state index is 10.8. The molecule has 0 aliphatic carbocycles. The Kier molecular flexibility index (Phi) is 5.43. The van der Waals surface area contributed by atoms with Crippen LogP contribution in [0, 0.1) is 0 Å². The van der Waals surface area contributed by atoms with Gasteiger partial charge in [0.1, 0.15) is 4.66 Å². The number of primary amides is 1. The standard InChI is InChI=1S/C5H11BrN2O3S/c6-4-12(10,11)8-3-1-2-5(7)9/h8H,1-4H2,(H2,7,9). The second-order valence-electron chi connectivity index (χ2n) is 2.19. The molecule has 12 heavy (non-hydrogen) atoms. The van der Waals surface area contributed by atoms with Crippen molar-refractivity contribution in [3.63, 3.8) is 0 Å². The molecule has 0 spiro atoms. The number of sulfonamides is 1. The van der Waals surface area contributed by atoms with Gasteiger partial charge in [-0.2, -0.15) is 0 Å². The van der Waals surface area contributed by atoms with Gasteiger partial charge in [-0.25, -0.2) is 13.1 Å². The summed E-state index contributed by atoms with van der Waals surface area (Å²) in [4.78, 5) is 10.2. The molecule has 72 valence electrons. The van der Waals surface area contributed by atoms with Gasteiger partial charge in [-0.15, -0.1) is 0 Å². The summed E-state index contributed by atoms with van der Waals surface area (Å²) in [5.41, 5.74) is 4.85. The van der Waals surface area contributed by atoms with Crippen molar-refractivity contribution < 1.29 is 13.2 Å². The van der Waals surface area contributed by atoms with E-state index in [0.717, 1.165) is 0 Å². The molecular weight excluding hydrogens is 248 g/mol. The first-order valence-electron chi connectivity index (χ1n) is 3.29. The number of halogens is 1. The van der Waals surface area contributed by atoms with Crippen LogP contribution in [0.2, 0.25) is 0 Å². The van der Waals surface area contributed by atoms with Gasteiger partial charge in [0, 0.05) is 13.0 Å². The van der Waals surface area contributed by atoms with Crippen LogP contribution in [0.25, 0.3) is 0 Å². The average molecular weight is 259 g/mol. The molecular formula is C5H11BrN2O3S. The predicted molar refractivity (Wildman–Crippen MR) is 49.1 cm³/mol. The first-order valence-corrected chi connectivity index (χ1v) is 6.07. The summed E-state index contributed by atoms with van der Waals surface area (Å²) in [5, 5.41) is 0. The van der Waals surface area contributed by atoms with Crippen LogP contribution in [0.5, 0.6) is 0 Å². The van der Waals surface area contributed by atoms with E-state index in [4.69, 9.17) is 5.73 Å². The zero-order valence-electron chi connectivity index (χ0n) is 6.42. The lowest BCUT2D eigenvalue weighted by atomic mass is 10.3. The summed E-state index contributed by atoms with van der Waals surface area (Å²) in [6.07, 6.45) is 0.631. The van der Waals surface area contributed by atoms with Crippen molar-refractivity contribution in [1.82, 2.24) is 4.72 Å². The number of hydrogen-bond donors (Lipinski definition) is 2. The molecule has 0 bridgehead atoms. The van der Waals surface area contributed by atoms with Crippen molar-refractivity contribution in [2.24, 2.45) is 5.73 Å². The highest BCUT2D eigenvalue weighted by Crippen LogP contribution is 1.92. The van der Waals surface area contributed by atoms with E-state index in [1.54, 1.807) is 0 Å². The van der Waals surface area contributed by atoms with E-state index in [1.165, 1.54) is 0 Å². The van der Waals surface area contributed by atoms with Gasteiger partial charge in [-0.3, -0.25) is 4.79 Å². The van der Waals surface area contributed by atoms with Crippen molar-refractivity contribution >= 4 is 31.9 Å². The quantitative estimate of drug-likeness (QED) is 0.499. The summed E-state index contributed by atoms with van der Waals surface area (Å²) in [6.45, 7) is 0.247. The van der Waals surface area contributed by atoms with Crippen LogP contribution >= 0.6 is 15.9 Å². The largest absolute Gasteiger partial charge is 0.370 e. The normalized spacial score (nSPS) is 11.4. The van der Waals surface area contributed by atoms with Crippen LogP contribution in [0.3, 0.4) is 0 Å². The molecule has 0 aromatic heterocycles. The molecule has 1 amide bonds. The lowest BCUT2D eigenvalue weighted by Gasteiger charge is -2.01. The number of nitrogens with two attached hydrogens (primary N) is 1. The first kappa shape index (κ1) is 11.9. The third-order valence-electron chi connectivity index (χ3n) is 1.07. The van der Waals surface area contributed by atoms with Crippen LogP contribution in [0.15, 0.2) is 0 Å². The summed E-state index contributed by atoms with van der Waals surface area (Å²) in [5.74, 6) is -0.423. The zero-order chi connectivity index (χ0) is 9.61. The minimum absolute atomic E-state index is 0.128. The maximum absolute atomic E-state index is 10.8. The summed E-state index contributed by atoms with van der Waals surface area (Å²) in [6, 6.07) is 0. The molecule has 0 aromatic carbocycles. The molecule has 0 heterocycles. The minimum atomic E-state index is -3.20. The van der Waals surface area contributed by atoms with Crippen molar-refractivity contribution in [3.05, 3.63) is 0 Å². The first-order chi connectivity index (χ1) is 5.48. The van der Waals surface area contributed by atoms with Gasteiger partial charge >= 0.3 is 0 Å². The molecule has 0 radical (unpaired) electrons. The van der Waals surface area contributed by atoms with E-state index < -0.39 is 15.9 Å². The fourth-order valence-electron chi connectivity index (χ4n) is 0.529. The monoisotopic (exact) mass is 258 g/mol. The number of nitrogens with one attached hydrogen (secondary N) is 1. The van der Waals surface area contributed by atoms with Gasteiger partial charge in [0.2, 0.25) is 15.9 Å². The van der Waals surface area contributed by atoms with Crippen LogP contribution in [-0.4, -0.2) is 25.5 Å². The van der Waals surface area contributed by atoms with Gasteiger partial charge in [0.05, 0.1) is 0 Å². The fourth-order valence-corrected chi connectivity index (χ4v) is 1.55. The number of amides is 1. The van der Waals surface area contributed by atoms with E-state index >= 15 is 0 Å². The molecule has 0 unspecified atom stereocenters. The number of carbonyl (C=O) groups is 1. The molecule has 0 rings (SSSR count). The van der Waals surface area contributed by atoms with Gasteiger partial charge < -0.3 is 5.73 Å². The van der Waals surface area contributed by atoms with Crippen LogP contribution in [0.4, 0.5) is 0 Å². The Balaban J connectivity index is 3.51. The SMILES string of the molecule is NC(=O)CCCNS(=O)(=O)CBr. The number of carbonyl (C=O) groups excluding carboxylic acids is 1. The van der Waals surface area contributed by atoms with Crippen molar-refractivity contribution in [2.45, 2.75) is 12.8 Å². The maximum Gasteiger partial charge on any atom is 0.221 e. The molecule has 0 atom stereocenters. The zero-order valence-corrected chi connectivity index (χ0v) is 8.82. The molecule has 0 aromatic rings. The third-order valence-corrected chi connectivity index (χ3v) is 3.81. The summed E-state index contributed by atoms with van der Waals surface area (Å²) in [7, 11) is -3.20. The third kappa shape index (κ3) is 6.56. The van der Waals surface area contributed by atoms with E-state index in [9.17, 15) is 13.2 Å². The number of alkyl halides is 1. The summed E-state index contributed by atoms with van der Waals surface area (Å²) >= 11 is 2.81. The highest BCUT2D eigenvalue weighted by atomic mass is 79.9. The van der Waals surface area contributed by atoms with Crippen molar-refractivity contribution in [1.29, 1.82) is 0 Å². The summed E-state index contributed by atoms with van der Waals surface area (Å²) < 4.78 is 23.7. The number of hydrogen-bond acceptors (Lipinski definition) is 3. The van der Waals surface area contributed by atoms with Gasteiger partial charge in [-0.05, 0) is 6.42 Å². The van der Waals surface area contributed by atoms with E-state index in [1.807, 2.05) is 0 Å². The molecule has 0 fully saturated rings. The Morgan fingerprint density at radius 3 is 2.50 bits per heavy atom. The van der Waals surface area contributed by atoms with Crippen LogP contribution in [-0.2, 0) is 14.8 Å². The van der Waals surface area contributed by atoms with Gasteiger partial charge in [0.25, 0.3) is 0 Å². The van der Waals surface area contributed by atoms with E-state index in [2.05, 4.69) is 20.7 Å². The van der Waals surface area contributed by atoms with E-state index in [0.29, 0.717) is 6.42 Å². The van der Waals surface area contributed by atoms with Crippen LogP contribution < -0.4 is 10.5 Å². The van der Waals surface area contributed by atoms with Crippen molar-refractivity contribution in [3.8, 4) is 0 Å². The van der Waals surface area contributed by atoms with Crippen LogP contribution in [0.1, 0.15) is 12.8 Å². The lowest BCUT2D eigenvalue weighted by Crippen LogP contribution is -2.26. The molecule has 0 aliphatic heterocycles. The highest BCUT2D eigenvalue weighted by molar-refractivity contribution is 9.10. The number of rotatable bonds is 6. The van der Waals surface area contributed by atoms with Gasteiger partial charge in [0.15, 0.2) is 0 Å². The molecule has 0 aliphatic rings. The second-order valence-corrected chi connectivity index (χ2v) is 5.30. The smallest absolute Gasteiger partial charge is 0.221 e. The highest BCUT2D eigenvalue weighted by Gasteiger charge is 2.05. The average Bonchev–Trinajstić information content (AvgIpc) is 1.98. The second kappa shape index (κ2) is 5.50. The Labute approximate surface area is 79.9 Å². The molecule has 0 saturated carbocycles.